The maximum absolute atomic E-state index is 12.0. The number of para-hydroxylation sites is 1. The number of hydrogen-bond donors (Lipinski definition) is 2. The molecule has 30 heavy (non-hydrogen) atoms. The van der Waals surface area contributed by atoms with Crippen molar-refractivity contribution >= 4 is 44.1 Å². The normalized spacial score (nSPS) is 11.5. The largest absolute Gasteiger partial charge is 0.399 e. The number of nitrogens with zero attached hydrogens (tertiary/aromatic N) is 4. The van der Waals surface area contributed by atoms with E-state index >= 15 is 0 Å². The lowest BCUT2D eigenvalue weighted by atomic mass is 10.2. The molecule has 0 saturated heterocycles. The zero-order valence-corrected chi connectivity index (χ0v) is 17.5. The van der Waals surface area contributed by atoms with E-state index in [2.05, 4.69) is 15.3 Å². The molecule has 0 saturated carbocycles. The van der Waals surface area contributed by atoms with Crippen molar-refractivity contribution in [2.45, 2.75) is 6.54 Å². The molecule has 0 aliphatic heterocycles. The zero-order chi connectivity index (χ0) is 21.3. The molecule has 0 radical (unpaired) electrons. The number of benzene rings is 2. The molecule has 4 rings (SSSR count). The predicted octanol–water partition coefficient (Wildman–Crippen LogP) is 3.20. The lowest BCUT2D eigenvalue weighted by molar-refractivity contribution is 0.600. The summed E-state index contributed by atoms with van der Waals surface area (Å²) in [5.41, 5.74) is 9.50. The minimum Gasteiger partial charge on any atom is -0.399 e. The SMILES string of the molecule is CN(c1ccccc1Cn1ccc2cnc(Nc3ccc(N)cc3)nc21)S(C)(=O)=O. The van der Waals surface area contributed by atoms with Crippen molar-refractivity contribution < 1.29 is 8.42 Å². The van der Waals surface area contributed by atoms with Gasteiger partial charge in [-0.25, -0.2) is 13.4 Å². The van der Waals surface area contributed by atoms with Gasteiger partial charge < -0.3 is 15.6 Å². The molecule has 0 amide bonds. The molecular formula is C21H22N6O2S. The van der Waals surface area contributed by atoms with Gasteiger partial charge >= 0.3 is 0 Å². The first-order valence-electron chi connectivity index (χ1n) is 9.27. The summed E-state index contributed by atoms with van der Waals surface area (Å²) in [6.45, 7) is 0.470. The molecule has 2 heterocycles. The Bertz CT molecular complexity index is 1300. The van der Waals surface area contributed by atoms with Crippen molar-refractivity contribution in [2.75, 3.05) is 28.7 Å². The number of rotatable bonds is 6. The molecule has 0 unspecified atom stereocenters. The Morgan fingerprint density at radius 2 is 1.83 bits per heavy atom. The Kier molecular flexibility index (Phi) is 5.04. The van der Waals surface area contributed by atoms with Gasteiger partial charge in [-0.05, 0) is 42.0 Å². The van der Waals surface area contributed by atoms with Crippen LogP contribution in [-0.2, 0) is 16.6 Å². The van der Waals surface area contributed by atoms with E-state index in [4.69, 9.17) is 5.73 Å². The maximum Gasteiger partial charge on any atom is 0.232 e. The van der Waals surface area contributed by atoms with Crippen molar-refractivity contribution in [3.8, 4) is 0 Å². The summed E-state index contributed by atoms with van der Waals surface area (Å²) in [7, 11) is -1.81. The molecule has 2 aromatic carbocycles. The van der Waals surface area contributed by atoms with E-state index in [0.29, 0.717) is 23.9 Å². The number of nitrogens with one attached hydrogen (secondary N) is 1. The standard InChI is InChI=1S/C21H22N6O2S/c1-26(30(2,28)29)19-6-4-3-5-16(19)14-27-12-11-15-13-23-21(25-20(15)27)24-18-9-7-17(22)8-10-18/h3-13H,14,22H2,1-2H3,(H,23,24,25). The average molecular weight is 423 g/mol. The van der Waals surface area contributed by atoms with E-state index < -0.39 is 10.0 Å². The molecule has 154 valence electrons. The highest BCUT2D eigenvalue weighted by molar-refractivity contribution is 7.92. The summed E-state index contributed by atoms with van der Waals surface area (Å²) in [4.78, 5) is 9.02. The van der Waals surface area contributed by atoms with Crippen LogP contribution in [0.1, 0.15) is 5.56 Å². The van der Waals surface area contributed by atoms with Gasteiger partial charge in [-0.1, -0.05) is 18.2 Å². The number of nitrogen functional groups attached to an aromatic ring is 1. The van der Waals surface area contributed by atoms with Crippen molar-refractivity contribution in [2.24, 2.45) is 0 Å². The van der Waals surface area contributed by atoms with Crippen LogP contribution in [0.5, 0.6) is 0 Å². The van der Waals surface area contributed by atoms with Crippen LogP contribution in [0.15, 0.2) is 67.0 Å². The van der Waals surface area contributed by atoms with Crippen LogP contribution in [0.4, 0.5) is 23.0 Å². The predicted molar refractivity (Wildman–Crippen MR) is 120 cm³/mol. The van der Waals surface area contributed by atoms with E-state index in [1.54, 1.807) is 31.4 Å². The fourth-order valence-electron chi connectivity index (χ4n) is 3.17. The Labute approximate surface area is 175 Å². The summed E-state index contributed by atoms with van der Waals surface area (Å²) in [5.74, 6) is 0.466. The quantitative estimate of drug-likeness (QED) is 0.462. The molecule has 4 aromatic rings. The minimum atomic E-state index is -3.36. The molecule has 9 heteroatoms. The number of fused-ring (bicyclic) bond motifs is 1. The van der Waals surface area contributed by atoms with Gasteiger partial charge in [0.2, 0.25) is 16.0 Å². The maximum atomic E-state index is 12.0. The fourth-order valence-corrected chi connectivity index (χ4v) is 3.70. The van der Waals surface area contributed by atoms with E-state index in [-0.39, 0.29) is 0 Å². The highest BCUT2D eigenvalue weighted by atomic mass is 32.2. The third kappa shape index (κ3) is 4.06. The van der Waals surface area contributed by atoms with E-state index in [9.17, 15) is 8.42 Å². The van der Waals surface area contributed by atoms with Gasteiger partial charge in [-0.2, -0.15) is 4.98 Å². The molecule has 0 fully saturated rings. The van der Waals surface area contributed by atoms with E-state index in [1.807, 2.05) is 47.2 Å². The van der Waals surface area contributed by atoms with Crippen LogP contribution in [0.3, 0.4) is 0 Å². The Hall–Kier alpha value is -3.59. The smallest absolute Gasteiger partial charge is 0.232 e. The second kappa shape index (κ2) is 7.68. The Balaban J connectivity index is 1.67. The lowest BCUT2D eigenvalue weighted by Crippen LogP contribution is -2.26. The van der Waals surface area contributed by atoms with Crippen LogP contribution < -0.4 is 15.4 Å². The monoisotopic (exact) mass is 422 g/mol. The molecular weight excluding hydrogens is 400 g/mol. The van der Waals surface area contributed by atoms with Gasteiger partial charge in [-0.15, -0.1) is 0 Å². The highest BCUT2D eigenvalue weighted by Crippen LogP contribution is 2.25. The van der Waals surface area contributed by atoms with Gasteiger partial charge in [0.1, 0.15) is 5.65 Å². The van der Waals surface area contributed by atoms with Crippen molar-refractivity contribution in [3.63, 3.8) is 0 Å². The molecule has 0 spiro atoms. The summed E-state index contributed by atoms with van der Waals surface area (Å²) >= 11 is 0. The van der Waals surface area contributed by atoms with Crippen LogP contribution in [-0.4, -0.2) is 36.3 Å². The molecule has 2 aromatic heterocycles. The van der Waals surface area contributed by atoms with Crippen LogP contribution in [0.2, 0.25) is 0 Å². The van der Waals surface area contributed by atoms with Gasteiger partial charge in [-0.3, -0.25) is 4.31 Å². The molecule has 0 bridgehead atoms. The topological polar surface area (TPSA) is 106 Å². The van der Waals surface area contributed by atoms with E-state index in [1.165, 1.54) is 10.6 Å². The van der Waals surface area contributed by atoms with Gasteiger partial charge in [0, 0.05) is 36.2 Å². The minimum absolute atomic E-state index is 0.466. The van der Waals surface area contributed by atoms with Crippen molar-refractivity contribution in [1.82, 2.24) is 14.5 Å². The summed E-state index contributed by atoms with van der Waals surface area (Å²) in [5, 5.41) is 4.07. The first-order valence-corrected chi connectivity index (χ1v) is 11.1. The third-order valence-corrected chi connectivity index (χ3v) is 6.03. The molecule has 0 aliphatic carbocycles. The second-order valence-corrected chi connectivity index (χ2v) is 9.04. The van der Waals surface area contributed by atoms with Crippen LogP contribution in [0.25, 0.3) is 11.0 Å². The zero-order valence-electron chi connectivity index (χ0n) is 16.6. The number of aromatic nitrogens is 3. The van der Waals surface area contributed by atoms with Crippen molar-refractivity contribution in [1.29, 1.82) is 0 Å². The molecule has 0 atom stereocenters. The van der Waals surface area contributed by atoms with Crippen LogP contribution in [0, 0.1) is 0 Å². The Morgan fingerprint density at radius 3 is 2.57 bits per heavy atom. The number of anilines is 4. The van der Waals surface area contributed by atoms with Gasteiger partial charge in [0.05, 0.1) is 18.5 Å². The molecule has 0 aliphatic rings. The molecule has 3 N–H and O–H groups in total. The number of hydrogen-bond acceptors (Lipinski definition) is 6. The Morgan fingerprint density at radius 1 is 1.10 bits per heavy atom. The second-order valence-electron chi connectivity index (χ2n) is 7.02. The first kappa shape index (κ1) is 19.7. The summed E-state index contributed by atoms with van der Waals surface area (Å²) in [6, 6.07) is 16.7. The van der Waals surface area contributed by atoms with Crippen LogP contribution >= 0.6 is 0 Å². The molecule has 8 nitrogen and oxygen atoms in total. The highest BCUT2D eigenvalue weighted by Gasteiger charge is 2.16. The van der Waals surface area contributed by atoms with Gasteiger partial charge in [0.15, 0.2) is 0 Å². The lowest BCUT2D eigenvalue weighted by Gasteiger charge is -2.20. The van der Waals surface area contributed by atoms with Gasteiger partial charge in [0.25, 0.3) is 0 Å². The fraction of sp³-hybridized carbons (Fsp3) is 0.143. The van der Waals surface area contributed by atoms with E-state index in [0.717, 1.165) is 22.3 Å². The number of nitrogens with two attached hydrogens (primary N) is 1. The summed E-state index contributed by atoms with van der Waals surface area (Å²) in [6.07, 6.45) is 4.87. The summed E-state index contributed by atoms with van der Waals surface area (Å²) < 4.78 is 27.3. The first-order chi connectivity index (χ1) is 14.3. The number of sulfonamides is 1. The van der Waals surface area contributed by atoms with Crippen molar-refractivity contribution in [3.05, 3.63) is 72.6 Å². The average Bonchev–Trinajstić information content (AvgIpc) is 3.11. The third-order valence-electron chi connectivity index (χ3n) is 4.84.